The zero-order valence-electron chi connectivity index (χ0n) is 13.2. The third kappa shape index (κ3) is 5.47. The molecule has 2 aromatic rings. The molecule has 2 rings (SSSR count). The lowest BCUT2D eigenvalue weighted by Gasteiger charge is -2.08. The molecule has 0 aliphatic heterocycles. The molecule has 7 heteroatoms. The fraction of sp³-hybridized carbons (Fsp3) is 0.0556. The zero-order valence-corrected chi connectivity index (χ0v) is 14.0. The standard InChI is InChI=1S/C18H14ClNO5/c1-24-17-12-13(10-11-20(22)23)6-8-16(17)25-18(21)9-7-14-4-2-3-5-15(14)19/h2-12H,1H3. The lowest BCUT2D eigenvalue weighted by Crippen LogP contribution is -2.05. The summed E-state index contributed by atoms with van der Waals surface area (Å²) in [5, 5.41) is 10.9. The molecule has 0 bridgehead atoms. The molecule has 0 aliphatic rings. The number of benzene rings is 2. The summed E-state index contributed by atoms with van der Waals surface area (Å²) in [5.74, 6) is -0.119. The van der Waals surface area contributed by atoms with Gasteiger partial charge in [-0.3, -0.25) is 10.1 Å². The predicted molar refractivity (Wildman–Crippen MR) is 95.1 cm³/mol. The smallest absolute Gasteiger partial charge is 0.336 e. The molecule has 0 unspecified atom stereocenters. The van der Waals surface area contributed by atoms with Gasteiger partial charge in [-0.2, -0.15) is 0 Å². The van der Waals surface area contributed by atoms with Crippen LogP contribution in [0.2, 0.25) is 5.02 Å². The quantitative estimate of drug-likeness (QED) is 0.254. The maximum absolute atomic E-state index is 12.0. The van der Waals surface area contributed by atoms with E-state index in [0.29, 0.717) is 16.1 Å². The summed E-state index contributed by atoms with van der Waals surface area (Å²) in [7, 11) is 1.41. The fourth-order valence-corrected chi connectivity index (χ4v) is 2.13. The highest BCUT2D eigenvalue weighted by atomic mass is 35.5. The van der Waals surface area contributed by atoms with Crippen LogP contribution in [0.1, 0.15) is 11.1 Å². The first-order valence-corrected chi connectivity index (χ1v) is 7.51. The highest BCUT2D eigenvalue weighted by Crippen LogP contribution is 2.29. The van der Waals surface area contributed by atoms with E-state index in [-0.39, 0.29) is 11.5 Å². The fourth-order valence-electron chi connectivity index (χ4n) is 1.93. The molecule has 0 saturated heterocycles. The Morgan fingerprint density at radius 3 is 2.60 bits per heavy atom. The number of ether oxygens (including phenoxy) is 2. The van der Waals surface area contributed by atoms with Crippen LogP contribution in [0.4, 0.5) is 0 Å². The minimum Gasteiger partial charge on any atom is -0.493 e. The first kappa shape index (κ1) is 18.2. The van der Waals surface area contributed by atoms with Crippen LogP contribution >= 0.6 is 11.6 Å². The van der Waals surface area contributed by atoms with E-state index in [1.807, 2.05) is 0 Å². The number of hydrogen-bond acceptors (Lipinski definition) is 5. The molecule has 0 atom stereocenters. The van der Waals surface area contributed by atoms with Crippen LogP contribution in [0.5, 0.6) is 11.5 Å². The first-order valence-electron chi connectivity index (χ1n) is 7.14. The summed E-state index contributed by atoms with van der Waals surface area (Å²) in [4.78, 5) is 21.7. The van der Waals surface area contributed by atoms with Crippen molar-refractivity contribution in [1.29, 1.82) is 0 Å². The van der Waals surface area contributed by atoms with Gasteiger partial charge in [0.15, 0.2) is 11.5 Å². The van der Waals surface area contributed by atoms with Crippen molar-refractivity contribution >= 4 is 29.7 Å². The molecule has 0 radical (unpaired) electrons. The summed E-state index contributed by atoms with van der Waals surface area (Å²) in [6.07, 6.45) is 4.92. The van der Waals surface area contributed by atoms with E-state index in [1.165, 1.54) is 31.4 Å². The number of halogens is 1. The highest BCUT2D eigenvalue weighted by molar-refractivity contribution is 6.32. The van der Waals surface area contributed by atoms with Gasteiger partial charge in [-0.25, -0.2) is 4.79 Å². The molecule has 0 N–H and O–H groups in total. The number of nitrogens with zero attached hydrogens (tertiary/aromatic N) is 1. The second-order valence-corrected chi connectivity index (χ2v) is 5.19. The molecule has 0 heterocycles. The van der Waals surface area contributed by atoms with Crippen LogP contribution in [0.25, 0.3) is 12.2 Å². The van der Waals surface area contributed by atoms with E-state index in [0.717, 1.165) is 6.20 Å². The van der Waals surface area contributed by atoms with Crippen LogP contribution in [-0.2, 0) is 4.79 Å². The molecule has 0 spiro atoms. The summed E-state index contributed by atoms with van der Waals surface area (Å²) in [6.45, 7) is 0. The van der Waals surface area contributed by atoms with Gasteiger partial charge in [0.05, 0.1) is 12.0 Å². The maximum Gasteiger partial charge on any atom is 0.336 e. The van der Waals surface area contributed by atoms with Gasteiger partial charge in [0.1, 0.15) is 0 Å². The molecule has 0 saturated carbocycles. The van der Waals surface area contributed by atoms with Crippen molar-refractivity contribution in [3.05, 3.63) is 81.0 Å². The van der Waals surface area contributed by atoms with E-state index in [2.05, 4.69) is 0 Å². The molecule has 2 aromatic carbocycles. The van der Waals surface area contributed by atoms with Gasteiger partial charge < -0.3 is 9.47 Å². The summed E-state index contributed by atoms with van der Waals surface area (Å²) >= 11 is 6.01. The van der Waals surface area contributed by atoms with Crippen LogP contribution in [0, 0.1) is 10.1 Å². The molecule has 6 nitrogen and oxygen atoms in total. The Morgan fingerprint density at radius 1 is 1.16 bits per heavy atom. The van der Waals surface area contributed by atoms with Gasteiger partial charge in [0.2, 0.25) is 6.20 Å². The molecule has 0 fully saturated rings. The molecular formula is C18H14ClNO5. The monoisotopic (exact) mass is 359 g/mol. The Hall–Kier alpha value is -3.12. The molecule has 0 aromatic heterocycles. The van der Waals surface area contributed by atoms with Crippen molar-refractivity contribution in [2.24, 2.45) is 0 Å². The summed E-state index contributed by atoms with van der Waals surface area (Å²) in [5.41, 5.74) is 1.23. The number of hydrogen-bond donors (Lipinski definition) is 0. The van der Waals surface area contributed by atoms with E-state index in [9.17, 15) is 14.9 Å². The summed E-state index contributed by atoms with van der Waals surface area (Å²) in [6, 6.07) is 11.7. The van der Waals surface area contributed by atoms with E-state index in [4.69, 9.17) is 21.1 Å². The van der Waals surface area contributed by atoms with Gasteiger partial charge in [0, 0.05) is 17.2 Å². The lowest BCUT2D eigenvalue weighted by molar-refractivity contribution is -0.400. The molecule has 0 amide bonds. The Balaban J connectivity index is 2.12. The Labute approximate surface area is 149 Å². The normalized spacial score (nSPS) is 11.0. The second-order valence-electron chi connectivity index (χ2n) is 4.79. The molecule has 25 heavy (non-hydrogen) atoms. The molecular weight excluding hydrogens is 346 g/mol. The third-order valence-electron chi connectivity index (χ3n) is 3.09. The van der Waals surface area contributed by atoms with E-state index in [1.54, 1.807) is 36.4 Å². The number of carbonyl (C=O) groups excluding carboxylic acids is 1. The Bertz CT molecular complexity index is 845. The van der Waals surface area contributed by atoms with Crippen molar-refractivity contribution < 1.29 is 19.2 Å². The predicted octanol–water partition coefficient (Wildman–Crippen LogP) is 4.21. The highest BCUT2D eigenvalue weighted by Gasteiger charge is 2.09. The van der Waals surface area contributed by atoms with Gasteiger partial charge >= 0.3 is 5.97 Å². The third-order valence-corrected chi connectivity index (χ3v) is 3.44. The van der Waals surface area contributed by atoms with Crippen LogP contribution < -0.4 is 9.47 Å². The first-order chi connectivity index (χ1) is 12.0. The van der Waals surface area contributed by atoms with Gasteiger partial charge in [-0.15, -0.1) is 0 Å². The van der Waals surface area contributed by atoms with Crippen LogP contribution in [0.3, 0.4) is 0 Å². The average molecular weight is 360 g/mol. The average Bonchev–Trinajstić information content (AvgIpc) is 2.60. The van der Waals surface area contributed by atoms with Gasteiger partial charge in [0.25, 0.3) is 0 Å². The van der Waals surface area contributed by atoms with Crippen LogP contribution in [-0.4, -0.2) is 18.0 Å². The topological polar surface area (TPSA) is 78.7 Å². The maximum atomic E-state index is 12.0. The number of esters is 1. The number of carbonyl (C=O) groups is 1. The number of rotatable bonds is 6. The Morgan fingerprint density at radius 2 is 1.92 bits per heavy atom. The second kappa shape index (κ2) is 8.65. The molecule has 128 valence electrons. The minimum atomic E-state index is -0.605. The Kier molecular flexibility index (Phi) is 6.31. The largest absolute Gasteiger partial charge is 0.493 e. The number of methoxy groups -OCH3 is 1. The van der Waals surface area contributed by atoms with Crippen molar-refractivity contribution in [2.75, 3.05) is 7.11 Å². The number of nitro groups is 1. The minimum absolute atomic E-state index is 0.203. The van der Waals surface area contributed by atoms with Crippen molar-refractivity contribution in [3.8, 4) is 11.5 Å². The van der Waals surface area contributed by atoms with E-state index < -0.39 is 10.9 Å². The zero-order chi connectivity index (χ0) is 18.2. The van der Waals surface area contributed by atoms with Gasteiger partial charge in [-0.1, -0.05) is 35.9 Å². The van der Waals surface area contributed by atoms with Crippen LogP contribution in [0.15, 0.2) is 54.7 Å². The van der Waals surface area contributed by atoms with E-state index >= 15 is 0 Å². The van der Waals surface area contributed by atoms with Crippen molar-refractivity contribution in [3.63, 3.8) is 0 Å². The summed E-state index contributed by atoms with van der Waals surface area (Å²) < 4.78 is 10.4. The lowest BCUT2D eigenvalue weighted by atomic mass is 10.2. The SMILES string of the molecule is COc1cc(C=C[N+](=O)[O-])ccc1OC(=O)C=Cc1ccccc1Cl. The van der Waals surface area contributed by atoms with Gasteiger partial charge in [-0.05, 0) is 35.4 Å². The molecule has 0 aliphatic carbocycles. The van der Waals surface area contributed by atoms with Crippen molar-refractivity contribution in [2.45, 2.75) is 0 Å². The van der Waals surface area contributed by atoms with Crippen molar-refractivity contribution in [1.82, 2.24) is 0 Å².